The number of aromatic nitrogens is 1. The van der Waals surface area contributed by atoms with Crippen molar-refractivity contribution < 1.29 is 14.0 Å². The lowest BCUT2D eigenvalue weighted by Gasteiger charge is -2.17. The molecule has 0 radical (unpaired) electrons. The van der Waals surface area contributed by atoms with E-state index in [2.05, 4.69) is 10.8 Å². The molecule has 0 fully saturated rings. The van der Waals surface area contributed by atoms with E-state index >= 15 is 0 Å². The zero-order valence-corrected chi connectivity index (χ0v) is 14.1. The van der Waals surface area contributed by atoms with Gasteiger partial charge in [-0.05, 0) is 44.5 Å². The van der Waals surface area contributed by atoms with Gasteiger partial charge in [0.25, 0.3) is 11.5 Å². The molecule has 0 unspecified atom stereocenters. The molecule has 6 nitrogen and oxygen atoms in total. The minimum absolute atomic E-state index is 0.171. The molecule has 0 saturated carbocycles. The van der Waals surface area contributed by atoms with Crippen LogP contribution in [0.1, 0.15) is 28.4 Å². The SMILES string of the molecule is CCONC(=O)c1cc(C)c(=O)n(C)c1Nc1ccc(C)cc1F. The van der Waals surface area contributed by atoms with Crippen LogP contribution < -0.4 is 16.4 Å². The van der Waals surface area contributed by atoms with E-state index in [4.69, 9.17) is 4.84 Å². The number of hydrogen-bond acceptors (Lipinski definition) is 4. The lowest BCUT2D eigenvalue weighted by atomic mass is 10.1. The molecule has 1 aromatic heterocycles. The van der Waals surface area contributed by atoms with Gasteiger partial charge >= 0.3 is 0 Å². The van der Waals surface area contributed by atoms with Crippen molar-refractivity contribution in [3.8, 4) is 0 Å². The first-order valence-corrected chi connectivity index (χ1v) is 7.51. The maximum Gasteiger partial charge on any atom is 0.278 e. The Kier molecular flexibility index (Phi) is 5.35. The molecule has 0 aliphatic rings. The van der Waals surface area contributed by atoms with Gasteiger partial charge < -0.3 is 5.32 Å². The number of amides is 1. The maximum absolute atomic E-state index is 14.1. The van der Waals surface area contributed by atoms with Crippen molar-refractivity contribution in [3.05, 3.63) is 57.1 Å². The predicted molar refractivity (Wildman–Crippen MR) is 89.9 cm³/mol. The molecule has 0 aliphatic carbocycles. The summed E-state index contributed by atoms with van der Waals surface area (Å²) in [5.41, 5.74) is 3.53. The molecule has 24 heavy (non-hydrogen) atoms. The van der Waals surface area contributed by atoms with Gasteiger partial charge in [0.1, 0.15) is 11.6 Å². The third kappa shape index (κ3) is 3.62. The number of carbonyl (C=O) groups excluding carboxylic acids is 1. The Labute approximate surface area is 139 Å². The highest BCUT2D eigenvalue weighted by molar-refractivity contribution is 5.99. The average molecular weight is 333 g/mol. The smallest absolute Gasteiger partial charge is 0.278 e. The van der Waals surface area contributed by atoms with Crippen LogP contribution in [-0.4, -0.2) is 17.1 Å². The van der Waals surface area contributed by atoms with E-state index in [1.54, 1.807) is 32.9 Å². The van der Waals surface area contributed by atoms with Crippen LogP contribution in [0.2, 0.25) is 0 Å². The maximum atomic E-state index is 14.1. The molecule has 1 aromatic carbocycles. The highest BCUT2D eigenvalue weighted by Crippen LogP contribution is 2.23. The number of nitrogens with one attached hydrogen (secondary N) is 2. The minimum atomic E-state index is -0.523. The van der Waals surface area contributed by atoms with Gasteiger partial charge in [-0.2, -0.15) is 0 Å². The van der Waals surface area contributed by atoms with Crippen molar-refractivity contribution in [2.75, 3.05) is 11.9 Å². The minimum Gasteiger partial charge on any atom is -0.339 e. The van der Waals surface area contributed by atoms with E-state index in [0.29, 0.717) is 12.2 Å². The van der Waals surface area contributed by atoms with E-state index in [0.717, 1.165) is 5.56 Å². The summed E-state index contributed by atoms with van der Waals surface area (Å²) < 4.78 is 15.4. The molecule has 2 aromatic rings. The van der Waals surface area contributed by atoms with Crippen molar-refractivity contribution in [2.45, 2.75) is 20.8 Å². The quantitative estimate of drug-likeness (QED) is 0.825. The first kappa shape index (κ1) is 17.7. The van der Waals surface area contributed by atoms with E-state index in [1.165, 1.54) is 23.7 Å². The van der Waals surface area contributed by atoms with Gasteiger partial charge in [-0.1, -0.05) is 6.07 Å². The monoisotopic (exact) mass is 333 g/mol. The summed E-state index contributed by atoms with van der Waals surface area (Å²) in [7, 11) is 1.52. The van der Waals surface area contributed by atoms with Gasteiger partial charge in [-0.3, -0.25) is 19.0 Å². The number of rotatable bonds is 5. The molecule has 1 heterocycles. The number of anilines is 2. The van der Waals surface area contributed by atoms with E-state index < -0.39 is 11.7 Å². The fourth-order valence-corrected chi connectivity index (χ4v) is 2.26. The van der Waals surface area contributed by atoms with E-state index in [9.17, 15) is 14.0 Å². The topological polar surface area (TPSA) is 72.4 Å². The fourth-order valence-electron chi connectivity index (χ4n) is 2.26. The van der Waals surface area contributed by atoms with Crippen molar-refractivity contribution in [1.29, 1.82) is 0 Å². The molecular formula is C17H20FN3O3. The Hall–Kier alpha value is -2.67. The molecule has 0 spiro atoms. The van der Waals surface area contributed by atoms with E-state index in [-0.39, 0.29) is 22.6 Å². The van der Waals surface area contributed by atoms with Crippen molar-refractivity contribution >= 4 is 17.4 Å². The number of benzene rings is 1. The Morgan fingerprint density at radius 3 is 2.62 bits per heavy atom. The van der Waals surface area contributed by atoms with E-state index in [1.807, 2.05) is 0 Å². The second-order valence-electron chi connectivity index (χ2n) is 5.43. The molecule has 7 heteroatoms. The summed E-state index contributed by atoms with van der Waals surface area (Å²) in [6.07, 6.45) is 0. The third-order valence-electron chi connectivity index (χ3n) is 3.52. The number of carbonyl (C=O) groups is 1. The lowest BCUT2D eigenvalue weighted by Crippen LogP contribution is -2.29. The fraction of sp³-hybridized carbons (Fsp3) is 0.294. The van der Waals surface area contributed by atoms with Gasteiger partial charge in [-0.15, -0.1) is 0 Å². The Morgan fingerprint density at radius 1 is 1.29 bits per heavy atom. The predicted octanol–water partition coefficient (Wildman–Crippen LogP) is 2.57. The number of halogens is 1. The summed E-state index contributed by atoms with van der Waals surface area (Å²) in [5.74, 6) is -0.810. The molecule has 2 N–H and O–H groups in total. The Balaban J connectivity index is 2.52. The number of hydrogen-bond donors (Lipinski definition) is 2. The molecule has 0 saturated heterocycles. The largest absolute Gasteiger partial charge is 0.339 e. The number of pyridine rings is 1. The van der Waals surface area contributed by atoms with Crippen LogP contribution in [0.25, 0.3) is 0 Å². The van der Waals surface area contributed by atoms with Gasteiger partial charge in [0, 0.05) is 12.6 Å². The third-order valence-corrected chi connectivity index (χ3v) is 3.52. The Bertz CT molecular complexity index is 831. The summed E-state index contributed by atoms with van der Waals surface area (Å²) >= 11 is 0. The van der Waals surface area contributed by atoms with Crippen molar-refractivity contribution in [3.63, 3.8) is 0 Å². The number of hydroxylamine groups is 1. The van der Waals surface area contributed by atoms with Crippen LogP contribution in [-0.2, 0) is 11.9 Å². The first-order valence-electron chi connectivity index (χ1n) is 7.51. The molecule has 128 valence electrons. The van der Waals surface area contributed by atoms with Crippen molar-refractivity contribution in [2.24, 2.45) is 7.05 Å². The second-order valence-corrected chi connectivity index (χ2v) is 5.43. The number of aryl methyl sites for hydroxylation is 2. The van der Waals surface area contributed by atoms with Gasteiger partial charge in [0.05, 0.1) is 17.9 Å². The molecule has 0 bridgehead atoms. The standard InChI is InChI=1S/C17H20FN3O3/c1-5-24-20-16(22)12-9-11(3)17(23)21(4)15(12)19-14-7-6-10(2)8-13(14)18/h6-9,19H,5H2,1-4H3,(H,20,22). The van der Waals surface area contributed by atoms with Crippen LogP contribution in [0.15, 0.2) is 29.1 Å². The molecule has 2 rings (SSSR count). The Morgan fingerprint density at radius 2 is 2.00 bits per heavy atom. The highest BCUT2D eigenvalue weighted by Gasteiger charge is 2.18. The van der Waals surface area contributed by atoms with Crippen LogP contribution in [0.5, 0.6) is 0 Å². The zero-order chi connectivity index (χ0) is 17.9. The summed E-state index contributed by atoms with van der Waals surface area (Å²) in [6.45, 7) is 5.41. The summed E-state index contributed by atoms with van der Waals surface area (Å²) in [5, 5.41) is 2.83. The average Bonchev–Trinajstić information content (AvgIpc) is 2.54. The summed E-state index contributed by atoms with van der Waals surface area (Å²) in [6, 6.07) is 6.11. The van der Waals surface area contributed by atoms with Gasteiger partial charge in [-0.25, -0.2) is 9.87 Å². The number of nitrogens with zero attached hydrogens (tertiary/aromatic N) is 1. The molecule has 0 atom stereocenters. The molecule has 1 amide bonds. The zero-order valence-electron chi connectivity index (χ0n) is 14.1. The van der Waals surface area contributed by atoms with Crippen molar-refractivity contribution in [1.82, 2.24) is 10.0 Å². The highest BCUT2D eigenvalue weighted by atomic mass is 19.1. The van der Waals surface area contributed by atoms with Gasteiger partial charge in [0.2, 0.25) is 0 Å². The van der Waals surface area contributed by atoms with Crippen LogP contribution >= 0.6 is 0 Å². The summed E-state index contributed by atoms with van der Waals surface area (Å²) in [4.78, 5) is 29.4. The van der Waals surface area contributed by atoms with Gasteiger partial charge in [0.15, 0.2) is 0 Å². The van der Waals surface area contributed by atoms with Crippen LogP contribution in [0, 0.1) is 19.7 Å². The normalized spacial score (nSPS) is 10.5. The van der Waals surface area contributed by atoms with Crippen LogP contribution in [0.4, 0.5) is 15.9 Å². The molecule has 0 aliphatic heterocycles. The first-order chi connectivity index (χ1) is 11.3. The molecular weight excluding hydrogens is 313 g/mol. The van der Waals surface area contributed by atoms with Crippen LogP contribution in [0.3, 0.4) is 0 Å². The second kappa shape index (κ2) is 7.27. The lowest BCUT2D eigenvalue weighted by molar-refractivity contribution is 0.0364.